The summed E-state index contributed by atoms with van der Waals surface area (Å²) in [5.41, 5.74) is 2.63. The predicted molar refractivity (Wildman–Crippen MR) is 110 cm³/mol. The van der Waals surface area contributed by atoms with Crippen LogP contribution in [0.2, 0.25) is 5.02 Å². The summed E-state index contributed by atoms with van der Waals surface area (Å²) < 4.78 is 3.38. The standard InChI is InChI=1S/C20H18ClN3O2S/c1-13-18(19(26)24(22(13)2)16-9-4-3-5-10-16)23-17(25)12-27-20(23)14-7-6-8-15(21)11-14/h3-11,20H,12H2,1-2H3. The third kappa shape index (κ3) is 2.99. The summed E-state index contributed by atoms with van der Waals surface area (Å²) in [6.07, 6.45) is 0. The average Bonchev–Trinajstić information content (AvgIpc) is 3.13. The van der Waals surface area contributed by atoms with Crippen molar-refractivity contribution in [2.24, 2.45) is 7.05 Å². The number of thioether (sulfide) groups is 1. The van der Waals surface area contributed by atoms with Crippen molar-refractivity contribution in [3.8, 4) is 5.69 Å². The Morgan fingerprint density at radius 1 is 1.07 bits per heavy atom. The zero-order chi connectivity index (χ0) is 19.1. The van der Waals surface area contributed by atoms with Gasteiger partial charge < -0.3 is 0 Å². The van der Waals surface area contributed by atoms with Crippen LogP contribution in [0.3, 0.4) is 0 Å². The second-order valence-corrected chi connectivity index (χ2v) is 7.90. The molecule has 1 unspecified atom stereocenters. The van der Waals surface area contributed by atoms with Crippen LogP contribution in [-0.4, -0.2) is 21.0 Å². The minimum atomic E-state index is -0.269. The molecule has 1 aliphatic heterocycles. The Bertz CT molecular complexity index is 1070. The molecule has 2 heterocycles. The van der Waals surface area contributed by atoms with Gasteiger partial charge in [0, 0.05) is 12.1 Å². The van der Waals surface area contributed by atoms with Gasteiger partial charge in [-0.25, -0.2) is 4.68 Å². The lowest BCUT2D eigenvalue weighted by atomic mass is 10.2. The Labute approximate surface area is 166 Å². The van der Waals surface area contributed by atoms with Crippen LogP contribution in [0.1, 0.15) is 16.6 Å². The molecule has 0 radical (unpaired) electrons. The predicted octanol–water partition coefficient (Wildman–Crippen LogP) is 3.92. The molecule has 1 atom stereocenters. The molecule has 138 valence electrons. The molecule has 1 saturated heterocycles. The van der Waals surface area contributed by atoms with E-state index < -0.39 is 0 Å². The molecule has 0 bridgehead atoms. The molecule has 5 nitrogen and oxygen atoms in total. The van der Waals surface area contributed by atoms with Crippen molar-refractivity contribution < 1.29 is 4.79 Å². The molecule has 0 saturated carbocycles. The Kier molecular flexibility index (Phi) is 4.61. The molecule has 1 aromatic heterocycles. The number of hydrogen-bond acceptors (Lipinski definition) is 3. The summed E-state index contributed by atoms with van der Waals surface area (Å²) in [4.78, 5) is 27.6. The molecule has 1 amide bonds. The van der Waals surface area contributed by atoms with E-state index in [1.807, 2.05) is 62.5 Å². The number of amides is 1. The summed E-state index contributed by atoms with van der Waals surface area (Å²) in [5, 5.41) is 0.341. The molecule has 27 heavy (non-hydrogen) atoms. The van der Waals surface area contributed by atoms with Gasteiger partial charge in [-0.2, -0.15) is 0 Å². The topological polar surface area (TPSA) is 47.2 Å². The first-order valence-corrected chi connectivity index (χ1v) is 9.95. The molecular formula is C20H18ClN3O2S. The maximum Gasteiger partial charge on any atom is 0.295 e. The number of benzene rings is 2. The van der Waals surface area contributed by atoms with E-state index in [0.29, 0.717) is 16.5 Å². The molecule has 7 heteroatoms. The normalized spacial score (nSPS) is 16.9. The highest BCUT2D eigenvalue weighted by molar-refractivity contribution is 8.00. The van der Waals surface area contributed by atoms with E-state index in [1.165, 1.54) is 11.8 Å². The lowest BCUT2D eigenvalue weighted by Gasteiger charge is -2.23. The van der Waals surface area contributed by atoms with E-state index in [4.69, 9.17) is 11.6 Å². The largest absolute Gasteiger partial charge is 0.295 e. The number of carbonyl (C=O) groups excluding carboxylic acids is 1. The third-order valence-corrected chi connectivity index (χ3v) is 6.21. The Morgan fingerprint density at radius 2 is 1.81 bits per heavy atom. The molecule has 1 fully saturated rings. The highest BCUT2D eigenvalue weighted by Gasteiger charge is 2.38. The molecule has 0 N–H and O–H groups in total. The fraction of sp³-hybridized carbons (Fsp3) is 0.200. The van der Waals surface area contributed by atoms with Crippen molar-refractivity contribution >= 4 is 35.0 Å². The van der Waals surface area contributed by atoms with Crippen LogP contribution in [0.25, 0.3) is 5.69 Å². The Hall–Kier alpha value is -2.44. The molecule has 2 aromatic carbocycles. The highest BCUT2D eigenvalue weighted by atomic mass is 35.5. The van der Waals surface area contributed by atoms with Crippen LogP contribution in [0, 0.1) is 6.92 Å². The molecule has 0 aliphatic carbocycles. The van der Waals surface area contributed by atoms with Gasteiger partial charge in [-0.1, -0.05) is 41.9 Å². The van der Waals surface area contributed by atoms with Crippen molar-refractivity contribution in [1.29, 1.82) is 0 Å². The number of para-hydroxylation sites is 1. The van der Waals surface area contributed by atoms with E-state index >= 15 is 0 Å². The van der Waals surface area contributed by atoms with E-state index in [-0.39, 0.29) is 16.8 Å². The van der Waals surface area contributed by atoms with Gasteiger partial charge in [-0.3, -0.25) is 19.2 Å². The van der Waals surface area contributed by atoms with Crippen LogP contribution >= 0.6 is 23.4 Å². The maximum atomic E-state index is 13.3. The number of aromatic nitrogens is 2. The molecule has 3 aromatic rings. The zero-order valence-corrected chi connectivity index (χ0v) is 16.5. The summed E-state index contributed by atoms with van der Waals surface area (Å²) in [6.45, 7) is 1.86. The van der Waals surface area contributed by atoms with Gasteiger partial charge in [0.25, 0.3) is 5.56 Å². The summed E-state index contributed by atoms with van der Waals surface area (Å²) in [5.74, 6) is 0.256. The van der Waals surface area contributed by atoms with Crippen LogP contribution in [-0.2, 0) is 11.8 Å². The van der Waals surface area contributed by atoms with Gasteiger partial charge in [-0.05, 0) is 36.8 Å². The number of carbonyl (C=O) groups is 1. The fourth-order valence-electron chi connectivity index (χ4n) is 3.40. The van der Waals surface area contributed by atoms with Crippen LogP contribution in [0.15, 0.2) is 59.4 Å². The van der Waals surface area contributed by atoms with E-state index in [9.17, 15) is 9.59 Å². The van der Waals surface area contributed by atoms with E-state index in [1.54, 1.807) is 20.3 Å². The van der Waals surface area contributed by atoms with Crippen molar-refractivity contribution in [1.82, 2.24) is 9.36 Å². The van der Waals surface area contributed by atoms with Gasteiger partial charge >= 0.3 is 0 Å². The first-order chi connectivity index (χ1) is 13.0. The van der Waals surface area contributed by atoms with Crippen LogP contribution < -0.4 is 10.5 Å². The number of hydrogen-bond donors (Lipinski definition) is 0. The first-order valence-electron chi connectivity index (χ1n) is 8.52. The van der Waals surface area contributed by atoms with E-state index in [0.717, 1.165) is 16.9 Å². The van der Waals surface area contributed by atoms with Crippen molar-refractivity contribution in [2.45, 2.75) is 12.3 Å². The number of rotatable bonds is 3. The van der Waals surface area contributed by atoms with Gasteiger partial charge in [0.2, 0.25) is 5.91 Å². The zero-order valence-electron chi connectivity index (χ0n) is 14.9. The number of anilines is 1. The lowest BCUT2D eigenvalue weighted by molar-refractivity contribution is -0.115. The molecule has 4 rings (SSSR count). The molecular weight excluding hydrogens is 382 g/mol. The summed E-state index contributed by atoms with van der Waals surface area (Å²) >= 11 is 7.65. The Balaban J connectivity index is 1.87. The van der Waals surface area contributed by atoms with Crippen LogP contribution in [0.5, 0.6) is 0 Å². The minimum Gasteiger partial charge on any atom is -0.288 e. The second-order valence-electron chi connectivity index (χ2n) is 6.39. The lowest BCUT2D eigenvalue weighted by Crippen LogP contribution is -2.33. The Morgan fingerprint density at radius 3 is 2.52 bits per heavy atom. The monoisotopic (exact) mass is 399 g/mol. The van der Waals surface area contributed by atoms with Gasteiger partial charge in [0.1, 0.15) is 11.1 Å². The summed E-state index contributed by atoms with van der Waals surface area (Å²) in [6, 6.07) is 16.9. The van der Waals surface area contributed by atoms with E-state index in [2.05, 4.69) is 0 Å². The second kappa shape index (κ2) is 6.94. The maximum absolute atomic E-state index is 13.3. The quantitative estimate of drug-likeness (QED) is 0.670. The van der Waals surface area contributed by atoms with Gasteiger partial charge in [0.05, 0.1) is 17.1 Å². The van der Waals surface area contributed by atoms with Gasteiger partial charge in [0.15, 0.2) is 0 Å². The molecule has 0 spiro atoms. The fourth-order valence-corrected chi connectivity index (χ4v) is 4.75. The number of halogens is 1. The van der Waals surface area contributed by atoms with Crippen LogP contribution in [0.4, 0.5) is 5.69 Å². The third-order valence-electron chi connectivity index (χ3n) is 4.77. The van der Waals surface area contributed by atoms with Crippen molar-refractivity contribution in [3.63, 3.8) is 0 Å². The van der Waals surface area contributed by atoms with Crippen molar-refractivity contribution in [3.05, 3.63) is 81.2 Å². The average molecular weight is 400 g/mol. The highest BCUT2D eigenvalue weighted by Crippen LogP contribution is 2.42. The first kappa shape index (κ1) is 17.9. The SMILES string of the molecule is Cc1c(N2C(=O)CSC2c2cccc(Cl)c2)c(=O)n(-c2ccccc2)n1C. The van der Waals surface area contributed by atoms with Crippen molar-refractivity contribution in [2.75, 3.05) is 10.7 Å². The van der Waals surface area contributed by atoms with Gasteiger partial charge in [-0.15, -0.1) is 11.8 Å². The minimum absolute atomic E-state index is 0.0732. The summed E-state index contributed by atoms with van der Waals surface area (Å²) in [7, 11) is 1.83. The smallest absolute Gasteiger partial charge is 0.288 e. The number of nitrogens with zero attached hydrogens (tertiary/aromatic N) is 3. The molecule has 1 aliphatic rings.